The molecule has 0 aliphatic carbocycles. The summed E-state index contributed by atoms with van der Waals surface area (Å²) in [7, 11) is -1.47. The first-order chi connectivity index (χ1) is 5.24. The van der Waals surface area contributed by atoms with E-state index in [0.717, 1.165) is 6.42 Å². The molecular weight excluding hydrogens is 143 g/mol. The molecule has 0 aromatic carbocycles. The lowest BCUT2D eigenvalue weighted by Gasteiger charge is -1.97. The van der Waals surface area contributed by atoms with Crippen LogP contribution in [-0.2, 0) is 6.42 Å². The molecule has 58 valence electrons. The molecule has 2 N–H and O–H groups in total. The van der Waals surface area contributed by atoms with Crippen molar-refractivity contribution in [3.05, 3.63) is 18.2 Å². The fourth-order valence-electron chi connectivity index (χ4n) is 0.681. The van der Waals surface area contributed by atoms with Crippen molar-refractivity contribution in [3.63, 3.8) is 0 Å². The van der Waals surface area contributed by atoms with Gasteiger partial charge in [-0.2, -0.15) is 0 Å². The van der Waals surface area contributed by atoms with Gasteiger partial charge in [0.15, 0.2) is 0 Å². The smallest absolute Gasteiger partial charge is 0.423 e. The summed E-state index contributed by atoms with van der Waals surface area (Å²) < 4.78 is 0. The summed E-state index contributed by atoms with van der Waals surface area (Å²) in [6.07, 6.45) is 3.58. The zero-order chi connectivity index (χ0) is 8.27. The summed E-state index contributed by atoms with van der Waals surface area (Å²) in [5.41, 5.74) is 0.321. The van der Waals surface area contributed by atoms with Gasteiger partial charge in [-0.1, -0.05) is 6.92 Å². The van der Waals surface area contributed by atoms with E-state index in [2.05, 4.69) is 9.97 Å². The average Bonchev–Trinajstić information content (AvgIpc) is 2.05. The van der Waals surface area contributed by atoms with Crippen LogP contribution in [0.5, 0.6) is 0 Å². The van der Waals surface area contributed by atoms with Gasteiger partial charge in [0.05, 0.1) is 0 Å². The monoisotopic (exact) mass is 152 g/mol. The summed E-state index contributed by atoms with van der Waals surface area (Å²) in [6.45, 7) is 1.93. The van der Waals surface area contributed by atoms with Crippen LogP contribution in [-0.4, -0.2) is 27.1 Å². The quantitative estimate of drug-likeness (QED) is 0.518. The highest BCUT2D eigenvalue weighted by Crippen LogP contribution is 1.85. The average molecular weight is 152 g/mol. The normalized spacial score (nSPS) is 9.73. The lowest BCUT2D eigenvalue weighted by Crippen LogP contribution is -2.30. The van der Waals surface area contributed by atoms with Crippen LogP contribution in [0.2, 0.25) is 0 Å². The van der Waals surface area contributed by atoms with Crippen molar-refractivity contribution in [1.82, 2.24) is 9.97 Å². The van der Waals surface area contributed by atoms with E-state index in [9.17, 15) is 0 Å². The molecule has 1 aromatic rings. The summed E-state index contributed by atoms with van der Waals surface area (Å²) in [5, 5.41) is 17.3. The zero-order valence-corrected chi connectivity index (χ0v) is 6.23. The van der Waals surface area contributed by atoms with Gasteiger partial charge in [-0.05, 0) is 0 Å². The van der Waals surface area contributed by atoms with Crippen LogP contribution in [0.25, 0.3) is 0 Å². The third-order valence-corrected chi connectivity index (χ3v) is 1.34. The number of nitrogens with zero attached hydrogens (tertiary/aromatic N) is 2. The van der Waals surface area contributed by atoms with Gasteiger partial charge in [-0.25, -0.2) is 9.97 Å². The van der Waals surface area contributed by atoms with Crippen LogP contribution in [0, 0.1) is 0 Å². The van der Waals surface area contributed by atoms with E-state index in [1.165, 1.54) is 12.4 Å². The molecule has 0 bridgehead atoms. The number of aryl methyl sites for hydroxylation is 1. The van der Waals surface area contributed by atoms with E-state index in [4.69, 9.17) is 10.0 Å². The van der Waals surface area contributed by atoms with Crippen molar-refractivity contribution in [1.29, 1.82) is 0 Å². The fourth-order valence-corrected chi connectivity index (χ4v) is 0.681. The predicted octanol–water partition coefficient (Wildman–Crippen LogP) is -1.28. The third kappa shape index (κ3) is 1.99. The summed E-state index contributed by atoms with van der Waals surface area (Å²) >= 11 is 0. The summed E-state index contributed by atoms with van der Waals surface area (Å²) in [6, 6.07) is 0. The van der Waals surface area contributed by atoms with Crippen LogP contribution in [0.15, 0.2) is 12.4 Å². The lowest BCUT2D eigenvalue weighted by atomic mass is 9.83. The second kappa shape index (κ2) is 3.45. The Morgan fingerprint density at radius 2 is 1.91 bits per heavy atom. The van der Waals surface area contributed by atoms with Gasteiger partial charge >= 0.3 is 7.12 Å². The topological polar surface area (TPSA) is 66.2 Å². The molecular formula is C6H9BN2O2. The summed E-state index contributed by atoms with van der Waals surface area (Å²) in [4.78, 5) is 7.77. The lowest BCUT2D eigenvalue weighted by molar-refractivity contribution is 0.425. The van der Waals surface area contributed by atoms with Gasteiger partial charge in [0.25, 0.3) is 0 Å². The standard InChI is InChI=1S/C6H9BN2O2/c1-2-6-8-3-5(4-9-6)7(10)11/h3-4,10-11H,2H2,1H3. The minimum atomic E-state index is -1.47. The van der Waals surface area contributed by atoms with Gasteiger partial charge in [0.1, 0.15) is 5.82 Å². The maximum atomic E-state index is 8.66. The highest BCUT2D eigenvalue weighted by Gasteiger charge is 2.10. The van der Waals surface area contributed by atoms with Crippen LogP contribution < -0.4 is 5.46 Å². The van der Waals surface area contributed by atoms with Crippen LogP contribution in [0.1, 0.15) is 12.7 Å². The zero-order valence-electron chi connectivity index (χ0n) is 6.23. The van der Waals surface area contributed by atoms with Crippen molar-refractivity contribution in [2.45, 2.75) is 13.3 Å². The Hall–Kier alpha value is -0.935. The summed E-state index contributed by atoms with van der Waals surface area (Å²) in [5.74, 6) is 0.703. The van der Waals surface area contributed by atoms with Gasteiger partial charge in [-0.3, -0.25) is 0 Å². The molecule has 0 aliphatic heterocycles. The molecule has 0 amide bonds. The molecule has 0 saturated carbocycles. The molecule has 0 spiro atoms. The van der Waals surface area contributed by atoms with E-state index in [1.807, 2.05) is 6.92 Å². The molecule has 0 fully saturated rings. The highest BCUT2D eigenvalue weighted by molar-refractivity contribution is 6.58. The Balaban J connectivity index is 2.83. The fraction of sp³-hybridized carbons (Fsp3) is 0.333. The Labute approximate surface area is 65.1 Å². The molecule has 1 heterocycles. The number of aromatic nitrogens is 2. The highest BCUT2D eigenvalue weighted by atomic mass is 16.4. The van der Waals surface area contributed by atoms with E-state index < -0.39 is 7.12 Å². The van der Waals surface area contributed by atoms with Crippen LogP contribution >= 0.6 is 0 Å². The first-order valence-corrected chi connectivity index (χ1v) is 3.41. The number of hydrogen-bond acceptors (Lipinski definition) is 4. The van der Waals surface area contributed by atoms with Gasteiger partial charge in [0.2, 0.25) is 0 Å². The van der Waals surface area contributed by atoms with Crippen molar-refractivity contribution >= 4 is 12.6 Å². The maximum absolute atomic E-state index is 8.66. The molecule has 1 rings (SSSR count). The molecule has 0 aliphatic rings. The van der Waals surface area contributed by atoms with Crippen molar-refractivity contribution < 1.29 is 10.0 Å². The van der Waals surface area contributed by atoms with Gasteiger partial charge in [0, 0.05) is 24.3 Å². The predicted molar refractivity (Wildman–Crippen MR) is 41.2 cm³/mol. The Morgan fingerprint density at radius 1 is 1.36 bits per heavy atom. The molecule has 1 aromatic heterocycles. The van der Waals surface area contributed by atoms with E-state index >= 15 is 0 Å². The van der Waals surface area contributed by atoms with Crippen LogP contribution in [0.4, 0.5) is 0 Å². The van der Waals surface area contributed by atoms with Gasteiger partial charge in [-0.15, -0.1) is 0 Å². The second-order valence-electron chi connectivity index (χ2n) is 2.16. The third-order valence-electron chi connectivity index (χ3n) is 1.34. The minimum Gasteiger partial charge on any atom is -0.423 e. The first kappa shape index (κ1) is 8.16. The SMILES string of the molecule is CCc1ncc(B(O)O)cn1. The molecule has 0 radical (unpaired) electrons. The number of hydrogen-bond donors (Lipinski definition) is 2. The Morgan fingerprint density at radius 3 is 2.27 bits per heavy atom. The molecule has 4 nitrogen and oxygen atoms in total. The van der Waals surface area contributed by atoms with E-state index in [1.54, 1.807) is 0 Å². The van der Waals surface area contributed by atoms with E-state index in [0.29, 0.717) is 11.3 Å². The Bertz CT molecular complexity index is 225. The van der Waals surface area contributed by atoms with Crippen molar-refractivity contribution in [3.8, 4) is 0 Å². The minimum absolute atomic E-state index is 0.321. The molecule has 5 heteroatoms. The number of rotatable bonds is 2. The Kier molecular flexibility index (Phi) is 2.56. The van der Waals surface area contributed by atoms with E-state index in [-0.39, 0.29) is 0 Å². The largest absolute Gasteiger partial charge is 0.491 e. The molecule has 0 saturated heterocycles. The molecule has 11 heavy (non-hydrogen) atoms. The second-order valence-corrected chi connectivity index (χ2v) is 2.16. The first-order valence-electron chi connectivity index (χ1n) is 3.41. The van der Waals surface area contributed by atoms with Crippen LogP contribution in [0.3, 0.4) is 0 Å². The van der Waals surface area contributed by atoms with Crippen molar-refractivity contribution in [2.24, 2.45) is 0 Å². The van der Waals surface area contributed by atoms with Gasteiger partial charge < -0.3 is 10.0 Å². The maximum Gasteiger partial charge on any atom is 0.491 e. The molecule has 0 unspecified atom stereocenters. The molecule has 0 atom stereocenters. The van der Waals surface area contributed by atoms with Crippen molar-refractivity contribution in [2.75, 3.05) is 0 Å².